The number of rotatable bonds is 9. The number of pyridine rings is 1. The molecular weight excluding hydrogens is 478 g/mol. The van der Waals surface area contributed by atoms with Crippen molar-refractivity contribution in [2.75, 3.05) is 44.2 Å². The topological polar surface area (TPSA) is 72.6 Å². The Hall–Kier alpha value is -2.15. The standard InChI is InChI=1S/C26H37N5O2S2/c1-6-9-10-19(7-2)17-31-25(33)22(35-26(31)34)15-20-18(4)21(16-27)24(32)28(5)23(20)30-13-11-29(8-3)12-14-30/h15,19H,6-14,17H2,1-5H3. The van der Waals surface area contributed by atoms with Gasteiger partial charge in [-0.05, 0) is 37.4 Å². The summed E-state index contributed by atoms with van der Waals surface area (Å²) in [5, 5.41) is 9.70. The van der Waals surface area contributed by atoms with Gasteiger partial charge in [0.1, 0.15) is 21.8 Å². The number of thioether (sulfide) groups is 1. The lowest BCUT2D eigenvalue weighted by Crippen LogP contribution is -2.48. The fourth-order valence-corrected chi connectivity index (χ4v) is 6.09. The lowest BCUT2D eigenvalue weighted by molar-refractivity contribution is -0.122. The monoisotopic (exact) mass is 515 g/mol. The van der Waals surface area contributed by atoms with E-state index in [1.165, 1.54) is 11.8 Å². The van der Waals surface area contributed by atoms with E-state index in [1.807, 2.05) is 6.08 Å². The van der Waals surface area contributed by atoms with Crippen LogP contribution in [0.25, 0.3) is 6.08 Å². The van der Waals surface area contributed by atoms with Crippen LogP contribution >= 0.6 is 24.0 Å². The number of carbonyl (C=O) groups excluding carboxylic acids is 1. The van der Waals surface area contributed by atoms with Crippen LogP contribution in [0.5, 0.6) is 0 Å². The molecule has 0 aromatic carbocycles. The lowest BCUT2D eigenvalue weighted by Gasteiger charge is -2.37. The average molecular weight is 516 g/mol. The lowest BCUT2D eigenvalue weighted by atomic mass is 9.99. The number of piperazine rings is 1. The maximum absolute atomic E-state index is 13.4. The van der Waals surface area contributed by atoms with Crippen molar-refractivity contribution in [3.63, 3.8) is 0 Å². The van der Waals surface area contributed by atoms with E-state index in [4.69, 9.17) is 12.2 Å². The van der Waals surface area contributed by atoms with Gasteiger partial charge in [-0.15, -0.1) is 0 Å². The molecule has 3 rings (SSSR count). The smallest absolute Gasteiger partial charge is 0.270 e. The van der Waals surface area contributed by atoms with Gasteiger partial charge in [0, 0.05) is 45.3 Å². The molecule has 1 aromatic rings. The maximum atomic E-state index is 13.4. The van der Waals surface area contributed by atoms with Crippen LogP contribution in [0, 0.1) is 24.2 Å². The molecule has 2 aliphatic heterocycles. The molecule has 1 unspecified atom stereocenters. The van der Waals surface area contributed by atoms with Crippen molar-refractivity contribution in [1.29, 1.82) is 5.26 Å². The fraction of sp³-hybridized carbons (Fsp3) is 0.615. The van der Waals surface area contributed by atoms with Crippen LogP contribution in [-0.4, -0.2) is 63.9 Å². The first-order valence-corrected chi connectivity index (χ1v) is 13.9. The van der Waals surface area contributed by atoms with Crippen molar-refractivity contribution in [2.45, 2.75) is 53.4 Å². The van der Waals surface area contributed by atoms with Crippen LogP contribution in [0.1, 0.15) is 63.1 Å². The molecular formula is C26H37N5O2S2. The molecule has 3 heterocycles. The number of hydrogen-bond donors (Lipinski definition) is 0. The first-order chi connectivity index (χ1) is 16.8. The molecule has 190 valence electrons. The molecule has 0 spiro atoms. The van der Waals surface area contributed by atoms with E-state index in [-0.39, 0.29) is 17.0 Å². The number of carbonyl (C=O) groups is 1. The van der Waals surface area contributed by atoms with E-state index in [1.54, 1.807) is 23.4 Å². The number of amides is 1. The van der Waals surface area contributed by atoms with Gasteiger partial charge >= 0.3 is 0 Å². The van der Waals surface area contributed by atoms with Gasteiger partial charge in [-0.2, -0.15) is 5.26 Å². The van der Waals surface area contributed by atoms with E-state index in [0.29, 0.717) is 27.3 Å². The van der Waals surface area contributed by atoms with Gasteiger partial charge in [-0.3, -0.25) is 19.1 Å². The summed E-state index contributed by atoms with van der Waals surface area (Å²) in [6, 6.07) is 2.08. The fourth-order valence-electron chi connectivity index (χ4n) is 4.83. The Morgan fingerprint density at radius 2 is 1.86 bits per heavy atom. The van der Waals surface area contributed by atoms with E-state index >= 15 is 0 Å². The van der Waals surface area contributed by atoms with Gasteiger partial charge in [0.05, 0.1) is 4.91 Å². The second kappa shape index (κ2) is 12.2. The molecule has 0 saturated carbocycles. The molecule has 1 atom stereocenters. The summed E-state index contributed by atoms with van der Waals surface area (Å²) in [5.41, 5.74) is 1.19. The molecule has 35 heavy (non-hydrogen) atoms. The van der Waals surface area contributed by atoms with Crippen molar-refractivity contribution >= 4 is 46.1 Å². The minimum atomic E-state index is -0.302. The summed E-state index contributed by atoms with van der Waals surface area (Å²) in [6.07, 6.45) is 6.23. The van der Waals surface area contributed by atoms with Crippen LogP contribution in [0.3, 0.4) is 0 Å². The van der Waals surface area contributed by atoms with Crippen molar-refractivity contribution in [3.05, 3.63) is 31.9 Å². The first-order valence-electron chi connectivity index (χ1n) is 12.6. The normalized spacial score (nSPS) is 19.0. The Morgan fingerprint density at radius 1 is 1.17 bits per heavy atom. The third-order valence-electron chi connectivity index (χ3n) is 7.22. The zero-order chi connectivity index (χ0) is 25.7. The van der Waals surface area contributed by atoms with Gasteiger partial charge in [-0.25, -0.2) is 0 Å². The number of thiocarbonyl (C=S) groups is 1. The highest BCUT2D eigenvalue weighted by Gasteiger charge is 2.34. The summed E-state index contributed by atoms with van der Waals surface area (Å²) < 4.78 is 2.15. The van der Waals surface area contributed by atoms with Gasteiger partial charge in [0.15, 0.2) is 0 Å². The first kappa shape index (κ1) is 27.4. The van der Waals surface area contributed by atoms with Crippen molar-refractivity contribution in [2.24, 2.45) is 13.0 Å². The SMILES string of the molecule is CCCCC(CC)CN1C(=O)C(=Cc2c(C)c(C#N)c(=O)n(C)c2N2CCN(CC)CC2)SC1=S. The minimum absolute atomic E-state index is 0.0801. The van der Waals surface area contributed by atoms with E-state index in [0.717, 1.165) is 69.8 Å². The summed E-state index contributed by atoms with van der Waals surface area (Å²) in [4.78, 5) is 33.3. The highest BCUT2D eigenvalue weighted by Crippen LogP contribution is 2.36. The molecule has 2 aliphatic rings. The van der Waals surface area contributed by atoms with Crippen molar-refractivity contribution < 1.29 is 4.79 Å². The zero-order valence-corrected chi connectivity index (χ0v) is 23.2. The van der Waals surface area contributed by atoms with Gasteiger partial charge in [0.2, 0.25) is 0 Å². The summed E-state index contributed by atoms with van der Waals surface area (Å²) in [7, 11) is 1.71. The highest BCUT2D eigenvalue weighted by atomic mass is 32.2. The van der Waals surface area contributed by atoms with Crippen molar-refractivity contribution in [1.82, 2.24) is 14.4 Å². The van der Waals surface area contributed by atoms with E-state index in [2.05, 4.69) is 36.6 Å². The Labute approximate surface area is 218 Å². The molecule has 2 saturated heterocycles. The number of nitriles is 1. The Bertz CT molecular complexity index is 1100. The Morgan fingerprint density at radius 3 is 2.43 bits per heavy atom. The number of hydrogen-bond acceptors (Lipinski definition) is 7. The number of aromatic nitrogens is 1. The number of likely N-dealkylation sites (N-methyl/N-ethyl adjacent to an activating group) is 1. The maximum Gasteiger partial charge on any atom is 0.270 e. The van der Waals surface area contributed by atoms with Crippen LogP contribution in [0.4, 0.5) is 5.82 Å². The molecule has 1 aromatic heterocycles. The number of unbranched alkanes of at least 4 members (excludes halogenated alkanes) is 1. The molecule has 7 nitrogen and oxygen atoms in total. The highest BCUT2D eigenvalue weighted by molar-refractivity contribution is 8.26. The molecule has 1 amide bonds. The average Bonchev–Trinajstić information content (AvgIpc) is 3.12. The third-order valence-corrected chi connectivity index (χ3v) is 8.60. The van der Waals surface area contributed by atoms with Gasteiger partial charge in [0.25, 0.3) is 11.5 Å². The molecule has 9 heteroatoms. The van der Waals surface area contributed by atoms with Crippen LogP contribution in [0.15, 0.2) is 9.70 Å². The molecule has 0 aliphatic carbocycles. The van der Waals surface area contributed by atoms with E-state index < -0.39 is 0 Å². The summed E-state index contributed by atoms with van der Waals surface area (Å²) in [5.74, 6) is 1.11. The molecule has 0 radical (unpaired) electrons. The van der Waals surface area contributed by atoms with Crippen molar-refractivity contribution in [3.8, 4) is 6.07 Å². The largest absolute Gasteiger partial charge is 0.355 e. The Balaban J connectivity index is 2.01. The second-order valence-electron chi connectivity index (χ2n) is 9.34. The minimum Gasteiger partial charge on any atom is -0.355 e. The van der Waals surface area contributed by atoms with Gasteiger partial charge < -0.3 is 9.80 Å². The number of anilines is 1. The predicted octanol–water partition coefficient (Wildman–Crippen LogP) is 4.12. The summed E-state index contributed by atoms with van der Waals surface area (Å²) in [6.45, 7) is 13.3. The second-order valence-corrected chi connectivity index (χ2v) is 11.0. The third kappa shape index (κ3) is 5.82. The van der Waals surface area contributed by atoms with Crippen LogP contribution in [-0.2, 0) is 11.8 Å². The molecule has 2 fully saturated rings. The van der Waals surface area contributed by atoms with Gasteiger partial charge in [-0.1, -0.05) is 64.0 Å². The zero-order valence-electron chi connectivity index (χ0n) is 21.6. The number of nitrogens with zero attached hydrogens (tertiary/aromatic N) is 5. The van der Waals surface area contributed by atoms with Crippen LogP contribution < -0.4 is 10.5 Å². The quantitative estimate of drug-likeness (QED) is 0.362. The van der Waals surface area contributed by atoms with Crippen LogP contribution in [0.2, 0.25) is 0 Å². The molecule has 0 bridgehead atoms. The predicted molar refractivity (Wildman–Crippen MR) is 149 cm³/mol. The Kier molecular flexibility index (Phi) is 9.56. The summed E-state index contributed by atoms with van der Waals surface area (Å²) >= 11 is 6.92. The van der Waals surface area contributed by atoms with E-state index in [9.17, 15) is 14.9 Å². The molecule has 0 N–H and O–H groups in total.